The Hall–Kier alpha value is -0.0900. The van der Waals surface area contributed by atoms with Gasteiger partial charge in [0.25, 0.3) is 0 Å². The second-order valence-corrected chi connectivity index (χ2v) is 5.83. The Bertz CT molecular complexity index is 288. The molecule has 0 radical (unpaired) electrons. The molecule has 2 heteroatoms. The first kappa shape index (κ1) is 10.4. The molecule has 1 aliphatic carbocycles. The quantitative estimate of drug-likeness (QED) is 0.623. The van der Waals surface area contributed by atoms with Crippen LogP contribution in [-0.4, -0.2) is 9.03 Å². The molecule has 1 nitrogen and oxygen atoms in total. The van der Waals surface area contributed by atoms with Gasteiger partial charge in [0, 0.05) is 3.92 Å². The minimum atomic E-state index is -0.553. The van der Waals surface area contributed by atoms with Gasteiger partial charge in [0.1, 0.15) is 0 Å². The van der Waals surface area contributed by atoms with E-state index in [-0.39, 0.29) is 0 Å². The highest BCUT2D eigenvalue weighted by molar-refractivity contribution is 14.1. The summed E-state index contributed by atoms with van der Waals surface area (Å²) in [6.07, 6.45) is 4.08. The molecule has 0 atom stereocenters. The maximum absolute atomic E-state index is 10.5. The third-order valence-corrected chi connectivity index (χ3v) is 4.30. The molecule has 0 spiro atoms. The van der Waals surface area contributed by atoms with E-state index in [2.05, 4.69) is 22.6 Å². The molecule has 0 aliphatic heterocycles. The highest BCUT2D eigenvalue weighted by atomic mass is 127. The van der Waals surface area contributed by atoms with E-state index in [0.29, 0.717) is 0 Å². The predicted molar refractivity (Wildman–Crippen MR) is 66.6 cm³/mol. The third-order valence-electron chi connectivity index (χ3n) is 3.05. The summed E-state index contributed by atoms with van der Waals surface area (Å²) in [6.45, 7) is 0. The van der Waals surface area contributed by atoms with Gasteiger partial charge < -0.3 is 5.11 Å². The maximum atomic E-state index is 10.5. The number of rotatable bonds is 1. The molecule has 0 bridgehead atoms. The third kappa shape index (κ3) is 2.11. The van der Waals surface area contributed by atoms with Gasteiger partial charge >= 0.3 is 0 Å². The van der Waals surface area contributed by atoms with E-state index >= 15 is 0 Å². The molecule has 0 heterocycles. The number of benzene rings is 1. The van der Waals surface area contributed by atoms with E-state index < -0.39 is 5.60 Å². The van der Waals surface area contributed by atoms with Crippen molar-refractivity contribution in [2.24, 2.45) is 0 Å². The molecule has 0 amide bonds. The predicted octanol–water partition coefficient (Wildman–Crippen LogP) is 3.25. The smallest absolute Gasteiger partial charge is 0.0897 e. The SMILES string of the molecule is OC1(c2ccccc2)CCC(I)CC1. The van der Waals surface area contributed by atoms with Gasteiger partial charge in [-0.3, -0.25) is 0 Å². The molecule has 14 heavy (non-hydrogen) atoms. The lowest BCUT2D eigenvalue weighted by molar-refractivity contribution is 0.00189. The average molecular weight is 302 g/mol. The Balaban J connectivity index is 2.17. The van der Waals surface area contributed by atoms with Gasteiger partial charge in [-0.05, 0) is 31.2 Å². The van der Waals surface area contributed by atoms with Gasteiger partial charge in [0.2, 0.25) is 0 Å². The standard InChI is InChI=1S/C12H15IO/c13-11-6-8-12(14,9-7-11)10-4-2-1-3-5-10/h1-5,11,14H,6-9H2. The molecule has 0 saturated heterocycles. The first-order chi connectivity index (χ1) is 6.71. The first-order valence-corrected chi connectivity index (χ1v) is 6.37. The van der Waals surface area contributed by atoms with Gasteiger partial charge in [0.15, 0.2) is 0 Å². The van der Waals surface area contributed by atoms with Crippen LogP contribution in [0.4, 0.5) is 0 Å². The fraction of sp³-hybridized carbons (Fsp3) is 0.500. The zero-order valence-electron chi connectivity index (χ0n) is 8.12. The van der Waals surface area contributed by atoms with Crippen molar-refractivity contribution in [3.63, 3.8) is 0 Å². The molecule has 1 N–H and O–H groups in total. The summed E-state index contributed by atoms with van der Waals surface area (Å²) in [5.74, 6) is 0. The molecule has 1 aromatic rings. The Kier molecular flexibility index (Phi) is 3.12. The topological polar surface area (TPSA) is 20.2 Å². The van der Waals surface area contributed by atoms with E-state index in [9.17, 15) is 5.11 Å². The van der Waals surface area contributed by atoms with Crippen LogP contribution in [0, 0.1) is 0 Å². The van der Waals surface area contributed by atoms with Crippen LogP contribution in [0.1, 0.15) is 31.2 Å². The summed E-state index contributed by atoms with van der Waals surface area (Å²) in [5.41, 5.74) is 0.534. The molecule has 2 rings (SSSR count). The minimum absolute atomic E-state index is 0.553. The summed E-state index contributed by atoms with van der Waals surface area (Å²) < 4.78 is 0.747. The zero-order valence-corrected chi connectivity index (χ0v) is 10.3. The average Bonchev–Trinajstić information content (AvgIpc) is 2.24. The summed E-state index contributed by atoms with van der Waals surface area (Å²) in [4.78, 5) is 0. The summed E-state index contributed by atoms with van der Waals surface area (Å²) in [5, 5.41) is 10.5. The van der Waals surface area contributed by atoms with Crippen LogP contribution in [0.15, 0.2) is 30.3 Å². The van der Waals surface area contributed by atoms with Gasteiger partial charge in [-0.1, -0.05) is 52.9 Å². The molecular formula is C12H15IO. The molecule has 0 aromatic heterocycles. The number of hydrogen-bond donors (Lipinski definition) is 1. The first-order valence-electron chi connectivity index (χ1n) is 5.13. The number of halogens is 1. The van der Waals surface area contributed by atoms with Gasteiger partial charge in [-0.2, -0.15) is 0 Å². The van der Waals surface area contributed by atoms with Gasteiger partial charge in [0.05, 0.1) is 5.60 Å². The van der Waals surface area contributed by atoms with Crippen molar-refractivity contribution >= 4 is 22.6 Å². The second kappa shape index (κ2) is 4.19. The molecule has 1 fully saturated rings. The lowest BCUT2D eigenvalue weighted by atomic mass is 9.80. The van der Waals surface area contributed by atoms with E-state index in [4.69, 9.17) is 0 Å². The summed E-state index contributed by atoms with van der Waals surface area (Å²) in [6, 6.07) is 10.1. The number of hydrogen-bond acceptors (Lipinski definition) is 1. The van der Waals surface area contributed by atoms with E-state index in [0.717, 1.165) is 35.2 Å². The second-order valence-electron chi connectivity index (χ2n) is 4.07. The Morgan fingerprint density at radius 1 is 1.14 bits per heavy atom. The van der Waals surface area contributed by atoms with Crippen LogP contribution < -0.4 is 0 Å². The van der Waals surface area contributed by atoms with E-state index in [1.54, 1.807) is 0 Å². The van der Waals surface area contributed by atoms with Crippen molar-refractivity contribution in [3.8, 4) is 0 Å². The number of alkyl halides is 1. The molecule has 1 aromatic carbocycles. The zero-order chi connectivity index (χ0) is 10.0. The maximum Gasteiger partial charge on any atom is 0.0897 e. The Morgan fingerprint density at radius 2 is 1.71 bits per heavy atom. The minimum Gasteiger partial charge on any atom is -0.385 e. The van der Waals surface area contributed by atoms with Crippen LogP contribution in [0.5, 0.6) is 0 Å². The normalized spacial score (nSPS) is 32.9. The fourth-order valence-corrected chi connectivity index (χ4v) is 2.72. The lowest BCUT2D eigenvalue weighted by Gasteiger charge is -2.34. The van der Waals surface area contributed by atoms with Crippen molar-refractivity contribution in [1.29, 1.82) is 0 Å². The van der Waals surface area contributed by atoms with Crippen molar-refractivity contribution in [2.75, 3.05) is 0 Å². The lowest BCUT2D eigenvalue weighted by Crippen LogP contribution is -2.31. The van der Waals surface area contributed by atoms with Gasteiger partial charge in [-0.25, -0.2) is 0 Å². The van der Waals surface area contributed by atoms with Crippen LogP contribution in [-0.2, 0) is 5.60 Å². The molecular weight excluding hydrogens is 287 g/mol. The van der Waals surface area contributed by atoms with Crippen LogP contribution >= 0.6 is 22.6 Å². The van der Waals surface area contributed by atoms with Gasteiger partial charge in [-0.15, -0.1) is 0 Å². The fourth-order valence-electron chi connectivity index (χ4n) is 2.10. The largest absolute Gasteiger partial charge is 0.385 e. The van der Waals surface area contributed by atoms with Crippen molar-refractivity contribution in [3.05, 3.63) is 35.9 Å². The summed E-state index contributed by atoms with van der Waals surface area (Å²) >= 11 is 2.48. The van der Waals surface area contributed by atoms with Crippen LogP contribution in [0.25, 0.3) is 0 Å². The molecule has 0 unspecified atom stereocenters. The highest BCUT2D eigenvalue weighted by Crippen LogP contribution is 2.39. The molecule has 1 aliphatic rings. The summed E-state index contributed by atoms with van der Waals surface area (Å²) in [7, 11) is 0. The van der Waals surface area contributed by atoms with Crippen molar-refractivity contribution in [2.45, 2.75) is 35.2 Å². The van der Waals surface area contributed by atoms with E-state index in [1.807, 2.05) is 30.3 Å². The highest BCUT2D eigenvalue weighted by Gasteiger charge is 2.33. The van der Waals surface area contributed by atoms with Crippen LogP contribution in [0.2, 0.25) is 0 Å². The molecule has 76 valence electrons. The van der Waals surface area contributed by atoms with Crippen LogP contribution in [0.3, 0.4) is 0 Å². The monoisotopic (exact) mass is 302 g/mol. The Morgan fingerprint density at radius 3 is 2.29 bits per heavy atom. The van der Waals surface area contributed by atoms with E-state index in [1.165, 1.54) is 0 Å². The number of aliphatic hydroxyl groups is 1. The molecule has 1 saturated carbocycles. The van der Waals surface area contributed by atoms with Crippen molar-refractivity contribution in [1.82, 2.24) is 0 Å². The van der Waals surface area contributed by atoms with Crippen molar-refractivity contribution < 1.29 is 5.11 Å². The Labute approximate surface area is 98.7 Å².